The van der Waals surface area contributed by atoms with Gasteiger partial charge in [0.1, 0.15) is 28.7 Å². The van der Waals surface area contributed by atoms with Gasteiger partial charge in [-0.3, -0.25) is 0 Å². The van der Waals surface area contributed by atoms with Crippen molar-refractivity contribution < 1.29 is 27.4 Å². The minimum absolute atomic E-state index is 0.0385. The Morgan fingerprint density at radius 2 is 1.59 bits per heavy atom. The largest absolute Gasteiger partial charge is 0.496 e. The first-order valence-corrected chi connectivity index (χ1v) is 9.41. The van der Waals surface area contributed by atoms with E-state index in [4.69, 9.17) is 24.7 Å². The Morgan fingerprint density at radius 1 is 1.00 bits per heavy atom. The van der Waals surface area contributed by atoms with Crippen LogP contribution in [0.1, 0.15) is 11.3 Å². The summed E-state index contributed by atoms with van der Waals surface area (Å²) in [6, 6.07) is 3.26. The van der Waals surface area contributed by atoms with E-state index in [1.54, 1.807) is 12.1 Å². The third-order valence-electron chi connectivity index (χ3n) is 3.60. The molecule has 0 bridgehead atoms. The van der Waals surface area contributed by atoms with Gasteiger partial charge in [-0.15, -0.1) is 0 Å². The lowest BCUT2D eigenvalue weighted by atomic mass is 10.1. The van der Waals surface area contributed by atoms with Crippen LogP contribution in [0.2, 0.25) is 0 Å². The summed E-state index contributed by atoms with van der Waals surface area (Å²) in [7, 11) is 2.14. The average Bonchev–Trinajstić information content (AvgIpc) is 2.65. The maximum atomic E-state index is 12.5. The molecule has 0 radical (unpaired) electrons. The number of methoxy groups -OCH3 is 4. The van der Waals surface area contributed by atoms with Crippen LogP contribution >= 0.6 is 0 Å². The molecule has 1 heterocycles. The Bertz CT molecular complexity index is 919. The summed E-state index contributed by atoms with van der Waals surface area (Å²) in [6.45, 7) is 0. The van der Waals surface area contributed by atoms with Gasteiger partial charge < -0.3 is 24.7 Å². The molecule has 1 aromatic carbocycles. The quantitative estimate of drug-likeness (QED) is 0.711. The summed E-state index contributed by atoms with van der Waals surface area (Å²) in [6.07, 6.45) is 2.72. The van der Waals surface area contributed by atoms with Crippen LogP contribution < -0.4 is 24.7 Å². The molecule has 9 nitrogen and oxygen atoms in total. The van der Waals surface area contributed by atoms with Crippen LogP contribution in [0.25, 0.3) is 6.08 Å². The number of ether oxygens (including phenoxy) is 4. The van der Waals surface area contributed by atoms with E-state index >= 15 is 0 Å². The summed E-state index contributed by atoms with van der Waals surface area (Å²) < 4.78 is 45.9. The first-order valence-electron chi connectivity index (χ1n) is 7.69. The summed E-state index contributed by atoms with van der Waals surface area (Å²) in [5.41, 5.74) is 6.16. The Balaban J connectivity index is 2.38. The molecule has 2 rings (SSSR count). The zero-order chi connectivity index (χ0) is 20.0. The highest BCUT2D eigenvalue weighted by molar-refractivity contribution is 7.93. The van der Waals surface area contributed by atoms with E-state index < -0.39 is 15.6 Å². The molecule has 0 amide bonds. The molecule has 2 N–H and O–H groups in total. The summed E-state index contributed by atoms with van der Waals surface area (Å²) >= 11 is 0. The van der Waals surface area contributed by atoms with Crippen molar-refractivity contribution in [2.24, 2.45) is 0 Å². The Morgan fingerprint density at radius 3 is 2.11 bits per heavy atom. The number of nitrogens with two attached hydrogens (primary N) is 1. The van der Waals surface area contributed by atoms with Crippen LogP contribution in [-0.2, 0) is 15.6 Å². The van der Waals surface area contributed by atoms with Crippen molar-refractivity contribution in [3.05, 3.63) is 35.0 Å². The van der Waals surface area contributed by atoms with Gasteiger partial charge in [-0.25, -0.2) is 18.4 Å². The van der Waals surface area contributed by atoms with Crippen LogP contribution in [-0.4, -0.2) is 46.8 Å². The van der Waals surface area contributed by atoms with Crippen LogP contribution in [0.5, 0.6) is 23.0 Å². The Hall–Kier alpha value is -3.01. The lowest BCUT2D eigenvalue weighted by molar-refractivity contribution is 0.374. The zero-order valence-electron chi connectivity index (χ0n) is 15.4. The number of nitrogens with zero attached hydrogens (tertiary/aromatic N) is 2. The molecule has 0 atom stereocenters. The fourth-order valence-electron chi connectivity index (χ4n) is 2.30. The molecule has 10 heteroatoms. The number of rotatable bonds is 8. The predicted octanol–water partition coefficient (Wildman–Crippen LogP) is 1.68. The lowest BCUT2D eigenvalue weighted by Gasteiger charge is -2.12. The molecule has 0 fully saturated rings. The molecule has 0 aliphatic rings. The average molecular weight is 395 g/mol. The molecule has 1 aromatic heterocycles. The van der Waals surface area contributed by atoms with Crippen molar-refractivity contribution in [1.82, 2.24) is 9.97 Å². The molecule has 0 spiro atoms. The van der Waals surface area contributed by atoms with Gasteiger partial charge in [0.2, 0.25) is 5.95 Å². The maximum absolute atomic E-state index is 12.5. The summed E-state index contributed by atoms with van der Waals surface area (Å²) in [4.78, 5) is 7.72. The van der Waals surface area contributed by atoms with Crippen molar-refractivity contribution in [3.63, 3.8) is 0 Å². The van der Waals surface area contributed by atoms with E-state index in [1.807, 2.05) is 0 Å². The molecule has 146 valence electrons. The molecule has 2 aromatic rings. The molecular weight excluding hydrogens is 374 g/mol. The highest BCUT2D eigenvalue weighted by Crippen LogP contribution is 2.35. The van der Waals surface area contributed by atoms with Gasteiger partial charge in [-0.1, -0.05) is 0 Å². The van der Waals surface area contributed by atoms with Gasteiger partial charge >= 0.3 is 0 Å². The molecule has 0 unspecified atom stereocenters. The van der Waals surface area contributed by atoms with Gasteiger partial charge in [0, 0.05) is 17.5 Å². The molecule has 0 aliphatic heterocycles. The molecule has 0 saturated carbocycles. The molecule has 0 saturated heterocycles. The van der Waals surface area contributed by atoms with Gasteiger partial charge in [-0.05, 0) is 6.08 Å². The SMILES string of the molecule is COc1cc(OC)c(/C=C/S(=O)(=O)Cc2nc(N)ncc2OC)c(OC)c1. The standard InChI is InChI=1S/C17H21N3O6S/c1-23-11-7-14(24-2)12(15(8-11)25-3)5-6-27(21,22)10-13-16(26-4)9-19-17(18)20-13/h5-9H,10H2,1-4H3,(H2,18,19,20)/b6-5+. The second kappa shape index (κ2) is 8.58. The van der Waals surface area contributed by atoms with Crippen LogP contribution in [0, 0.1) is 0 Å². The summed E-state index contributed by atoms with van der Waals surface area (Å²) in [5.74, 6) is 1.12. The van der Waals surface area contributed by atoms with E-state index in [9.17, 15) is 8.42 Å². The van der Waals surface area contributed by atoms with Crippen molar-refractivity contribution >= 4 is 21.9 Å². The van der Waals surface area contributed by atoms with E-state index in [2.05, 4.69) is 9.97 Å². The second-order valence-electron chi connectivity index (χ2n) is 5.30. The number of hydrogen-bond acceptors (Lipinski definition) is 9. The van der Waals surface area contributed by atoms with E-state index in [0.29, 0.717) is 22.8 Å². The number of hydrogen-bond donors (Lipinski definition) is 1. The van der Waals surface area contributed by atoms with Crippen molar-refractivity contribution in [1.29, 1.82) is 0 Å². The van der Waals surface area contributed by atoms with Crippen molar-refractivity contribution in [2.45, 2.75) is 5.75 Å². The maximum Gasteiger partial charge on any atom is 0.220 e. The predicted molar refractivity (Wildman–Crippen MR) is 101 cm³/mol. The fourth-order valence-corrected chi connectivity index (χ4v) is 3.33. The summed E-state index contributed by atoms with van der Waals surface area (Å²) in [5, 5.41) is 1.05. The van der Waals surface area contributed by atoms with Crippen LogP contribution in [0.4, 0.5) is 5.95 Å². The Kier molecular flexibility index (Phi) is 6.45. The monoisotopic (exact) mass is 395 g/mol. The Labute approximate surface area is 157 Å². The zero-order valence-corrected chi connectivity index (χ0v) is 16.2. The van der Waals surface area contributed by atoms with Gasteiger partial charge in [-0.2, -0.15) is 0 Å². The highest BCUT2D eigenvalue weighted by atomic mass is 32.2. The molecule has 27 heavy (non-hydrogen) atoms. The molecule has 0 aliphatic carbocycles. The number of aromatic nitrogens is 2. The van der Waals surface area contributed by atoms with Crippen LogP contribution in [0.15, 0.2) is 23.7 Å². The highest BCUT2D eigenvalue weighted by Gasteiger charge is 2.17. The van der Waals surface area contributed by atoms with E-state index in [1.165, 1.54) is 40.7 Å². The van der Waals surface area contributed by atoms with Gasteiger partial charge in [0.25, 0.3) is 0 Å². The second-order valence-corrected chi connectivity index (χ2v) is 7.19. The first-order chi connectivity index (χ1) is 12.8. The fraction of sp³-hybridized carbons (Fsp3) is 0.294. The van der Waals surface area contributed by atoms with Gasteiger partial charge in [0.15, 0.2) is 15.6 Å². The lowest BCUT2D eigenvalue weighted by Crippen LogP contribution is -2.07. The third kappa shape index (κ3) is 5.00. The first kappa shape index (κ1) is 20.3. The normalized spacial score (nSPS) is 11.4. The van der Waals surface area contributed by atoms with Crippen LogP contribution in [0.3, 0.4) is 0 Å². The topological polar surface area (TPSA) is 123 Å². The van der Waals surface area contributed by atoms with Crippen molar-refractivity contribution in [2.75, 3.05) is 34.2 Å². The third-order valence-corrected chi connectivity index (χ3v) is 4.83. The van der Waals surface area contributed by atoms with E-state index in [0.717, 1.165) is 5.41 Å². The number of benzene rings is 1. The van der Waals surface area contributed by atoms with E-state index in [-0.39, 0.29) is 17.4 Å². The van der Waals surface area contributed by atoms with Gasteiger partial charge in [0.05, 0.1) is 40.2 Å². The smallest absolute Gasteiger partial charge is 0.220 e. The minimum atomic E-state index is -3.70. The number of anilines is 1. The molecular formula is C17H21N3O6S. The minimum Gasteiger partial charge on any atom is -0.496 e. The number of sulfone groups is 1. The van der Waals surface area contributed by atoms with Crippen molar-refractivity contribution in [3.8, 4) is 23.0 Å². The number of nitrogen functional groups attached to an aromatic ring is 1.